The second kappa shape index (κ2) is 5.73. The van der Waals surface area contributed by atoms with Gasteiger partial charge in [0.1, 0.15) is 0 Å². The number of fused-ring (bicyclic) bond motifs is 5. The minimum atomic E-state index is -0.0190. The van der Waals surface area contributed by atoms with E-state index in [0.717, 1.165) is 36.5 Å². The zero-order chi connectivity index (χ0) is 16.2. The first-order chi connectivity index (χ1) is 11.0. The van der Waals surface area contributed by atoms with E-state index >= 15 is 0 Å². The molecule has 0 aromatic heterocycles. The molecular formula is C21H36O2. The van der Waals surface area contributed by atoms with Crippen molar-refractivity contribution in [2.45, 2.75) is 90.3 Å². The summed E-state index contributed by atoms with van der Waals surface area (Å²) in [4.78, 5) is 0. The lowest BCUT2D eigenvalue weighted by Gasteiger charge is -2.61. The Hall–Kier alpha value is -0.0800. The summed E-state index contributed by atoms with van der Waals surface area (Å²) in [5.74, 6) is 3.54. The van der Waals surface area contributed by atoms with E-state index in [1.165, 1.54) is 51.4 Å². The summed E-state index contributed by atoms with van der Waals surface area (Å²) in [5.41, 5.74) is 0.987. The van der Waals surface area contributed by atoms with E-state index in [0.29, 0.717) is 16.9 Å². The predicted molar refractivity (Wildman–Crippen MR) is 93.1 cm³/mol. The van der Waals surface area contributed by atoms with Crippen molar-refractivity contribution < 1.29 is 9.84 Å². The summed E-state index contributed by atoms with van der Waals surface area (Å²) in [5, 5.41) is 10.2. The minimum Gasteiger partial charge on any atom is -0.393 e. The van der Waals surface area contributed by atoms with Crippen LogP contribution in [0.5, 0.6) is 0 Å². The smallest absolute Gasteiger partial charge is 0.0627 e. The first-order valence-corrected chi connectivity index (χ1v) is 10.3. The van der Waals surface area contributed by atoms with Crippen molar-refractivity contribution in [2.75, 3.05) is 7.11 Å². The molecule has 4 rings (SSSR count). The maximum Gasteiger partial charge on any atom is 0.0627 e. The van der Waals surface area contributed by atoms with Crippen molar-refractivity contribution in [1.82, 2.24) is 0 Å². The van der Waals surface area contributed by atoms with Crippen LogP contribution in [0.3, 0.4) is 0 Å². The number of ether oxygens (including phenoxy) is 1. The summed E-state index contributed by atoms with van der Waals surface area (Å²) in [6.45, 7) is 4.97. The van der Waals surface area contributed by atoms with Crippen molar-refractivity contribution in [3.63, 3.8) is 0 Å². The molecule has 0 unspecified atom stereocenters. The average Bonchev–Trinajstić information content (AvgIpc) is 2.90. The Bertz CT molecular complexity index is 449. The second-order valence-electron chi connectivity index (χ2n) is 9.51. The van der Waals surface area contributed by atoms with Crippen LogP contribution in [-0.4, -0.2) is 24.4 Å². The van der Waals surface area contributed by atoms with Crippen LogP contribution in [0.4, 0.5) is 0 Å². The molecule has 2 nitrogen and oxygen atoms in total. The zero-order valence-corrected chi connectivity index (χ0v) is 15.4. The summed E-state index contributed by atoms with van der Waals surface area (Å²) < 4.78 is 5.90. The number of methoxy groups -OCH3 is 1. The van der Waals surface area contributed by atoms with E-state index in [2.05, 4.69) is 13.8 Å². The normalized spacial score (nSPS) is 55.8. The summed E-state index contributed by atoms with van der Waals surface area (Å²) in [7, 11) is 1.93. The Morgan fingerprint density at radius 3 is 2.57 bits per heavy atom. The third-order valence-electron chi connectivity index (χ3n) is 9.19. The van der Waals surface area contributed by atoms with Crippen molar-refractivity contribution in [3.8, 4) is 0 Å². The van der Waals surface area contributed by atoms with Crippen LogP contribution in [0.25, 0.3) is 0 Å². The Kier molecular flexibility index (Phi) is 4.08. The van der Waals surface area contributed by atoms with Crippen LogP contribution < -0.4 is 0 Å². The first-order valence-electron chi connectivity index (χ1n) is 10.3. The van der Waals surface area contributed by atoms with Gasteiger partial charge in [-0.05, 0) is 98.7 Å². The predicted octanol–water partition coefficient (Wildman–Crippen LogP) is 4.80. The van der Waals surface area contributed by atoms with E-state index < -0.39 is 0 Å². The molecule has 0 aliphatic heterocycles. The molecule has 0 aromatic rings. The summed E-state index contributed by atoms with van der Waals surface area (Å²) in [6, 6.07) is 0. The Balaban J connectivity index is 1.63. The fraction of sp³-hybridized carbons (Fsp3) is 1.00. The molecule has 4 aliphatic carbocycles. The highest BCUT2D eigenvalue weighted by atomic mass is 16.5. The molecule has 1 N–H and O–H groups in total. The Labute approximate surface area is 142 Å². The number of aliphatic hydroxyl groups excluding tert-OH is 1. The molecule has 0 amide bonds. The first kappa shape index (κ1) is 16.4. The fourth-order valence-corrected chi connectivity index (χ4v) is 8.08. The molecule has 4 saturated carbocycles. The standard InChI is InChI=1S/C21H36O2/c1-4-21-12-9-15(22)13-14(21)5-6-16-17-7-8-19(23-3)20(17,2)11-10-18(16)21/h14-19,22H,4-13H2,1-3H3/t14-,15+,16-,17-,18-,19-,20-,21-/m0/s1. The monoisotopic (exact) mass is 320 g/mol. The molecule has 0 radical (unpaired) electrons. The average molecular weight is 321 g/mol. The van der Waals surface area contributed by atoms with Crippen molar-refractivity contribution >= 4 is 0 Å². The zero-order valence-electron chi connectivity index (χ0n) is 15.4. The molecule has 0 spiro atoms. The van der Waals surface area contributed by atoms with Crippen LogP contribution in [0.2, 0.25) is 0 Å². The summed E-state index contributed by atoms with van der Waals surface area (Å²) >= 11 is 0. The lowest BCUT2D eigenvalue weighted by Crippen LogP contribution is -2.55. The fourth-order valence-electron chi connectivity index (χ4n) is 8.08. The molecule has 132 valence electrons. The van der Waals surface area contributed by atoms with Crippen LogP contribution >= 0.6 is 0 Å². The van der Waals surface area contributed by atoms with Gasteiger partial charge in [-0.2, -0.15) is 0 Å². The van der Waals surface area contributed by atoms with E-state index in [4.69, 9.17) is 4.74 Å². The number of aliphatic hydroxyl groups is 1. The van der Waals surface area contributed by atoms with Gasteiger partial charge in [0.25, 0.3) is 0 Å². The van der Waals surface area contributed by atoms with Gasteiger partial charge in [-0.1, -0.05) is 13.8 Å². The van der Waals surface area contributed by atoms with Crippen molar-refractivity contribution in [1.29, 1.82) is 0 Å². The van der Waals surface area contributed by atoms with Gasteiger partial charge >= 0.3 is 0 Å². The number of hydrogen-bond donors (Lipinski definition) is 1. The largest absolute Gasteiger partial charge is 0.393 e. The lowest BCUT2D eigenvalue weighted by atomic mass is 9.44. The van der Waals surface area contributed by atoms with Crippen LogP contribution in [0.1, 0.15) is 78.1 Å². The molecule has 8 atom stereocenters. The molecule has 2 heteroatoms. The quantitative estimate of drug-likeness (QED) is 0.792. The number of hydrogen-bond acceptors (Lipinski definition) is 2. The van der Waals surface area contributed by atoms with Crippen LogP contribution in [0.15, 0.2) is 0 Å². The van der Waals surface area contributed by atoms with Crippen LogP contribution in [0, 0.1) is 34.5 Å². The Morgan fingerprint density at radius 1 is 1.00 bits per heavy atom. The molecular weight excluding hydrogens is 284 g/mol. The topological polar surface area (TPSA) is 29.5 Å². The van der Waals surface area contributed by atoms with Gasteiger partial charge in [0.2, 0.25) is 0 Å². The van der Waals surface area contributed by atoms with E-state index in [1.54, 1.807) is 0 Å². The molecule has 23 heavy (non-hydrogen) atoms. The number of rotatable bonds is 2. The molecule has 0 aromatic carbocycles. The van der Waals surface area contributed by atoms with Gasteiger partial charge in [0.15, 0.2) is 0 Å². The SMILES string of the molecule is CC[C@]12CC[C@@H](O)C[C@@H]1CC[C@H]1[C@@H]3CC[C@H](OC)[C@@]3(C)CC[C@@H]12. The maximum absolute atomic E-state index is 10.2. The molecule has 0 bridgehead atoms. The minimum absolute atomic E-state index is 0.0190. The Morgan fingerprint density at radius 2 is 1.83 bits per heavy atom. The molecule has 4 aliphatic rings. The van der Waals surface area contributed by atoms with Crippen LogP contribution in [-0.2, 0) is 4.74 Å². The van der Waals surface area contributed by atoms with E-state index in [-0.39, 0.29) is 6.10 Å². The highest BCUT2D eigenvalue weighted by Crippen LogP contribution is 2.67. The third-order valence-corrected chi connectivity index (χ3v) is 9.19. The second-order valence-corrected chi connectivity index (χ2v) is 9.51. The highest BCUT2D eigenvalue weighted by molar-refractivity contribution is 5.10. The maximum atomic E-state index is 10.2. The van der Waals surface area contributed by atoms with Gasteiger partial charge in [-0.25, -0.2) is 0 Å². The van der Waals surface area contributed by atoms with E-state index in [9.17, 15) is 5.11 Å². The lowest BCUT2D eigenvalue weighted by molar-refractivity contribution is -0.146. The van der Waals surface area contributed by atoms with Crippen molar-refractivity contribution in [2.24, 2.45) is 34.5 Å². The third kappa shape index (κ3) is 2.20. The van der Waals surface area contributed by atoms with E-state index in [1.807, 2.05) is 7.11 Å². The molecule has 4 fully saturated rings. The van der Waals surface area contributed by atoms with Gasteiger partial charge in [0, 0.05) is 7.11 Å². The van der Waals surface area contributed by atoms with Gasteiger partial charge in [0.05, 0.1) is 12.2 Å². The molecule has 0 saturated heterocycles. The van der Waals surface area contributed by atoms with Gasteiger partial charge in [-0.3, -0.25) is 0 Å². The van der Waals surface area contributed by atoms with Gasteiger partial charge in [-0.15, -0.1) is 0 Å². The van der Waals surface area contributed by atoms with Crippen molar-refractivity contribution in [3.05, 3.63) is 0 Å². The highest BCUT2D eigenvalue weighted by Gasteiger charge is 2.61. The molecule has 0 heterocycles. The van der Waals surface area contributed by atoms with Gasteiger partial charge < -0.3 is 9.84 Å². The summed E-state index contributed by atoms with van der Waals surface area (Å²) in [6.07, 6.45) is 13.5.